The first kappa shape index (κ1) is 27.1. The van der Waals surface area contributed by atoms with E-state index in [9.17, 15) is 9.18 Å². The number of carbonyl (C=O) groups excluding carboxylic acids is 1. The number of aryl methyl sites for hydroxylation is 1. The quantitative estimate of drug-likeness (QED) is 0.252. The second-order valence-corrected chi connectivity index (χ2v) is 10.2. The summed E-state index contributed by atoms with van der Waals surface area (Å²) in [5.74, 6) is 5.38. The zero-order valence-corrected chi connectivity index (χ0v) is 22.6. The molecule has 1 aromatic heterocycles. The fourth-order valence-electron chi connectivity index (χ4n) is 4.12. The van der Waals surface area contributed by atoms with Crippen LogP contribution in [0.4, 0.5) is 26.6 Å². The minimum atomic E-state index is -0.585. The molecule has 0 bridgehead atoms. The summed E-state index contributed by atoms with van der Waals surface area (Å²) in [5, 5.41) is 8.05. The minimum Gasteiger partial charge on any atom is -0.396 e. The number of hydrogen-bond acceptors (Lipinski definition) is 9. The van der Waals surface area contributed by atoms with E-state index >= 15 is 0 Å². The summed E-state index contributed by atoms with van der Waals surface area (Å²) >= 11 is 1.41. The van der Waals surface area contributed by atoms with Gasteiger partial charge in [0.15, 0.2) is 5.13 Å². The lowest BCUT2D eigenvalue weighted by atomic mass is 10.1. The van der Waals surface area contributed by atoms with Crippen molar-refractivity contribution < 1.29 is 9.18 Å². The SMILES string of the molecule is C=C(F)c1cc(C(=O)Nc2ccc(C)c(N(N)/C=C(\N)c3cnc(NC)s3)c2)cc(N2CCN(C)CC2)c1. The number of nitrogens with one attached hydrogen (secondary N) is 2. The van der Waals surface area contributed by atoms with Crippen molar-refractivity contribution in [2.75, 3.05) is 60.8 Å². The molecule has 0 spiro atoms. The molecule has 6 N–H and O–H groups in total. The molecule has 2 heterocycles. The normalized spacial score (nSPS) is 14.3. The van der Waals surface area contributed by atoms with Crippen molar-refractivity contribution in [3.63, 3.8) is 0 Å². The number of carbonyl (C=O) groups is 1. The molecule has 1 saturated heterocycles. The molecule has 1 aliphatic heterocycles. The van der Waals surface area contributed by atoms with Crippen LogP contribution < -0.4 is 32.1 Å². The summed E-state index contributed by atoms with van der Waals surface area (Å²) in [4.78, 5) is 22.6. The van der Waals surface area contributed by atoms with Crippen LogP contribution in [0.3, 0.4) is 0 Å². The van der Waals surface area contributed by atoms with Gasteiger partial charge in [0.2, 0.25) is 0 Å². The molecule has 11 heteroatoms. The molecular formula is C27H33FN8OS. The van der Waals surface area contributed by atoms with Gasteiger partial charge in [0.1, 0.15) is 5.83 Å². The molecule has 9 nitrogen and oxygen atoms in total. The van der Waals surface area contributed by atoms with Gasteiger partial charge in [0, 0.05) is 68.1 Å². The van der Waals surface area contributed by atoms with Gasteiger partial charge in [-0.15, -0.1) is 0 Å². The minimum absolute atomic E-state index is 0.286. The van der Waals surface area contributed by atoms with Gasteiger partial charge in [-0.05, 0) is 49.9 Å². The van der Waals surface area contributed by atoms with Crippen molar-refractivity contribution in [2.24, 2.45) is 11.6 Å². The Morgan fingerprint density at radius 2 is 1.89 bits per heavy atom. The lowest BCUT2D eigenvalue weighted by Crippen LogP contribution is -2.44. The Kier molecular flexibility index (Phi) is 8.30. The van der Waals surface area contributed by atoms with Crippen LogP contribution >= 0.6 is 11.3 Å². The number of hydrazine groups is 1. The van der Waals surface area contributed by atoms with Gasteiger partial charge >= 0.3 is 0 Å². The van der Waals surface area contributed by atoms with E-state index in [1.807, 2.05) is 13.0 Å². The maximum Gasteiger partial charge on any atom is 0.255 e. The molecule has 2 aromatic carbocycles. The van der Waals surface area contributed by atoms with Gasteiger partial charge in [-0.1, -0.05) is 24.0 Å². The first-order valence-electron chi connectivity index (χ1n) is 12.1. The molecule has 0 unspecified atom stereocenters. The number of hydrogen-bond donors (Lipinski definition) is 4. The number of amides is 1. The predicted octanol–water partition coefficient (Wildman–Crippen LogP) is 4.07. The van der Waals surface area contributed by atoms with Crippen molar-refractivity contribution in [3.05, 3.63) is 76.9 Å². The topological polar surface area (TPSA) is 116 Å². The maximum atomic E-state index is 14.2. The first-order chi connectivity index (χ1) is 18.1. The van der Waals surface area contributed by atoms with Gasteiger partial charge < -0.3 is 26.2 Å². The van der Waals surface area contributed by atoms with E-state index < -0.39 is 5.83 Å². The number of anilines is 4. The number of rotatable bonds is 8. The molecule has 3 aromatic rings. The molecule has 38 heavy (non-hydrogen) atoms. The highest BCUT2D eigenvalue weighted by Crippen LogP contribution is 2.28. The number of piperazine rings is 1. The molecule has 0 aliphatic carbocycles. The van der Waals surface area contributed by atoms with E-state index in [0.29, 0.717) is 22.6 Å². The fourth-order valence-corrected chi connectivity index (χ4v) is 4.81. The number of thiazole rings is 1. The number of aromatic nitrogens is 1. The summed E-state index contributed by atoms with van der Waals surface area (Å²) in [6, 6.07) is 10.5. The van der Waals surface area contributed by atoms with Crippen LogP contribution in [0, 0.1) is 6.92 Å². The fraction of sp³-hybridized carbons (Fsp3) is 0.259. The zero-order chi connectivity index (χ0) is 27.4. The predicted molar refractivity (Wildman–Crippen MR) is 156 cm³/mol. The van der Waals surface area contributed by atoms with Crippen LogP contribution in [0.1, 0.15) is 26.4 Å². The highest BCUT2D eigenvalue weighted by molar-refractivity contribution is 7.16. The standard InChI is InChI=1S/C27H33FN8OS/c1-17-5-6-21(14-24(17)36(30)16-23(29)25-15-32-27(31-3)38-25)33-26(37)20-11-19(18(2)28)12-22(13-20)35-9-7-34(4)8-10-35/h5-6,11-16H,2,7-10,29-30H2,1,3-4H3,(H,31,32)(H,33,37)/b23-16-. The Bertz CT molecular complexity index is 1360. The average Bonchev–Trinajstić information content (AvgIpc) is 3.39. The summed E-state index contributed by atoms with van der Waals surface area (Å²) < 4.78 is 14.2. The third kappa shape index (κ3) is 6.31. The summed E-state index contributed by atoms with van der Waals surface area (Å²) in [6.07, 6.45) is 3.29. The highest BCUT2D eigenvalue weighted by Gasteiger charge is 2.18. The second kappa shape index (κ2) is 11.6. The molecule has 0 atom stereocenters. The van der Waals surface area contributed by atoms with Crippen LogP contribution in [0.15, 0.2) is 55.4 Å². The zero-order valence-electron chi connectivity index (χ0n) is 21.8. The van der Waals surface area contributed by atoms with E-state index in [1.165, 1.54) is 22.4 Å². The lowest BCUT2D eigenvalue weighted by molar-refractivity contribution is 0.102. The highest BCUT2D eigenvalue weighted by atomic mass is 32.1. The van der Waals surface area contributed by atoms with Gasteiger partial charge in [-0.2, -0.15) is 0 Å². The Morgan fingerprint density at radius 1 is 1.18 bits per heavy atom. The number of nitrogens with two attached hydrogens (primary N) is 2. The number of halogens is 1. The van der Waals surface area contributed by atoms with Crippen LogP contribution in [0.2, 0.25) is 0 Å². The number of nitrogens with zero attached hydrogens (tertiary/aromatic N) is 4. The van der Waals surface area contributed by atoms with E-state index in [1.54, 1.807) is 43.7 Å². The Morgan fingerprint density at radius 3 is 2.55 bits per heavy atom. The van der Waals surface area contributed by atoms with E-state index in [-0.39, 0.29) is 11.5 Å². The molecule has 1 fully saturated rings. The molecule has 0 saturated carbocycles. The van der Waals surface area contributed by atoms with Gasteiger partial charge in [0.05, 0.1) is 16.3 Å². The van der Waals surface area contributed by atoms with Crippen molar-refractivity contribution in [1.82, 2.24) is 9.88 Å². The molecular weight excluding hydrogens is 503 g/mol. The van der Waals surface area contributed by atoms with Crippen molar-refractivity contribution in [2.45, 2.75) is 6.92 Å². The van der Waals surface area contributed by atoms with Gasteiger partial charge in [-0.25, -0.2) is 15.2 Å². The Hall–Kier alpha value is -3.93. The van der Waals surface area contributed by atoms with Crippen molar-refractivity contribution >= 4 is 51.0 Å². The molecule has 1 aliphatic rings. The maximum absolute atomic E-state index is 14.2. The average molecular weight is 537 g/mol. The number of likely N-dealkylation sites (N-methyl/N-ethyl adjacent to an activating group) is 1. The second-order valence-electron chi connectivity index (χ2n) is 9.19. The molecule has 1 amide bonds. The van der Waals surface area contributed by atoms with Crippen molar-refractivity contribution in [1.29, 1.82) is 0 Å². The monoisotopic (exact) mass is 536 g/mol. The Labute approximate surface area is 226 Å². The van der Waals surface area contributed by atoms with E-state index in [4.69, 9.17) is 11.6 Å². The van der Waals surface area contributed by atoms with Crippen LogP contribution in [0.25, 0.3) is 11.5 Å². The molecule has 200 valence electrons. The lowest BCUT2D eigenvalue weighted by Gasteiger charge is -2.34. The Balaban J connectivity index is 1.56. The third-order valence-electron chi connectivity index (χ3n) is 6.39. The molecule has 4 rings (SSSR count). The van der Waals surface area contributed by atoms with Crippen molar-refractivity contribution in [3.8, 4) is 0 Å². The van der Waals surface area contributed by atoms with Crippen LogP contribution in [-0.2, 0) is 0 Å². The molecule has 0 radical (unpaired) electrons. The smallest absolute Gasteiger partial charge is 0.255 e. The van der Waals surface area contributed by atoms with Crippen LogP contribution in [-0.4, -0.2) is 56.1 Å². The van der Waals surface area contributed by atoms with Crippen LogP contribution in [0.5, 0.6) is 0 Å². The van der Waals surface area contributed by atoms with Gasteiger partial charge in [0.25, 0.3) is 5.91 Å². The summed E-state index contributed by atoms with van der Waals surface area (Å²) in [5.41, 5.74) is 10.2. The van der Waals surface area contributed by atoms with E-state index in [2.05, 4.69) is 39.0 Å². The number of benzene rings is 2. The van der Waals surface area contributed by atoms with E-state index in [0.717, 1.165) is 47.4 Å². The van der Waals surface area contributed by atoms with Gasteiger partial charge in [-0.3, -0.25) is 9.80 Å². The third-order valence-corrected chi connectivity index (χ3v) is 7.45. The largest absolute Gasteiger partial charge is 0.396 e. The summed E-state index contributed by atoms with van der Waals surface area (Å²) in [7, 11) is 3.86. The summed E-state index contributed by atoms with van der Waals surface area (Å²) in [6.45, 7) is 8.72. The first-order valence-corrected chi connectivity index (χ1v) is 13.0.